The lowest BCUT2D eigenvalue weighted by molar-refractivity contribution is -0.137. The average molecular weight is 395 g/mol. The maximum Gasteiger partial charge on any atom is 0.416 e. The number of benzene rings is 1. The van der Waals surface area contributed by atoms with E-state index in [0.29, 0.717) is 10.7 Å². The molecule has 0 bridgehead atoms. The van der Waals surface area contributed by atoms with E-state index in [9.17, 15) is 22.8 Å². The summed E-state index contributed by atoms with van der Waals surface area (Å²) in [5.41, 5.74) is 0.875. The number of nitrogens with one attached hydrogen (secondary N) is 1. The molecule has 1 aliphatic rings. The Morgan fingerprint density at radius 3 is 2.56 bits per heavy atom. The number of halogens is 3. The molecule has 27 heavy (non-hydrogen) atoms. The van der Waals surface area contributed by atoms with Gasteiger partial charge in [0.05, 0.1) is 11.3 Å². The topological polar surface area (TPSA) is 62.3 Å². The van der Waals surface area contributed by atoms with Crippen LogP contribution in [0, 0.1) is 0 Å². The quantitative estimate of drug-likeness (QED) is 0.838. The van der Waals surface area contributed by atoms with E-state index < -0.39 is 23.7 Å². The fourth-order valence-corrected chi connectivity index (χ4v) is 3.52. The van der Waals surface area contributed by atoms with Crippen molar-refractivity contribution in [3.05, 3.63) is 48.2 Å². The predicted octanol–water partition coefficient (Wildman–Crippen LogP) is 4.33. The summed E-state index contributed by atoms with van der Waals surface area (Å²) in [6.07, 6.45) is -4.02. The molecule has 1 fully saturated rings. The van der Waals surface area contributed by atoms with Gasteiger partial charge in [0.2, 0.25) is 11.8 Å². The summed E-state index contributed by atoms with van der Waals surface area (Å²) in [5.74, 6) is -0.709. The summed E-state index contributed by atoms with van der Waals surface area (Å²) in [5, 5.41) is 3.24. The highest BCUT2D eigenvalue weighted by molar-refractivity contribution is 7.10. The van der Waals surface area contributed by atoms with Gasteiger partial charge < -0.3 is 5.32 Å². The number of aromatic nitrogens is 1. The molecule has 1 aromatic carbocycles. The van der Waals surface area contributed by atoms with Crippen molar-refractivity contribution in [3.63, 3.8) is 0 Å². The van der Waals surface area contributed by atoms with Crippen LogP contribution < -0.4 is 10.2 Å². The Labute approximate surface area is 157 Å². The molecule has 0 saturated carbocycles. The second-order valence-corrected chi connectivity index (χ2v) is 7.01. The van der Waals surface area contributed by atoms with Gasteiger partial charge in [-0.3, -0.25) is 14.5 Å². The zero-order chi connectivity index (χ0) is 19.8. The molecule has 1 aliphatic heterocycles. The molecule has 0 spiro atoms. The average Bonchev–Trinajstić information content (AvgIpc) is 3.21. The van der Waals surface area contributed by atoms with Gasteiger partial charge in [-0.15, -0.1) is 0 Å². The zero-order valence-corrected chi connectivity index (χ0v) is 15.2. The molecule has 3 rings (SSSR count). The van der Waals surface area contributed by atoms with E-state index in [2.05, 4.69) is 16.3 Å². The Hall–Kier alpha value is -2.68. The molecule has 0 radical (unpaired) electrons. The highest BCUT2D eigenvalue weighted by Gasteiger charge is 2.38. The summed E-state index contributed by atoms with van der Waals surface area (Å²) in [6, 6.07) is 5.11. The minimum Gasteiger partial charge on any atom is -0.315 e. The standard InChI is InChI=1S/C18H16F3N3O2S/c1-10(2)13-9-15(27-23-13)22-17(26)14-7-8-16(25)24(14)12-5-3-11(4-6-12)18(19,20)21/h3-6,9,14H,1,7-8H2,2H3,(H,22,26)/t14-/m0/s1. The minimum atomic E-state index is -4.46. The molecular weight excluding hydrogens is 379 g/mol. The third-order valence-corrected chi connectivity index (χ3v) is 4.89. The summed E-state index contributed by atoms with van der Waals surface area (Å²) in [4.78, 5) is 26.1. The van der Waals surface area contributed by atoms with E-state index in [1.54, 1.807) is 13.0 Å². The first kappa shape index (κ1) is 19.1. The van der Waals surface area contributed by atoms with E-state index in [1.807, 2.05) is 0 Å². The van der Waals surface area contributed by atoms with Crippen LogP contribution in [0.1, 0.15) is 31.0 Å². The van der Waals surface area contributed by atoms with Crippen LogP contribution in [0.2, 0.25) is 0 Å². The number of allylic oxidation sites excluding steroid dienone is 1. The Morgan fingerprint density at radius 2 is 2.00 bits per heavy atom. The van der Waals surface area contributed by atoms with E-state index in [0.717, 1.165) is 29.2 Å². The number of alkyl halides is 3. The molecule has 5 nitrogen and oxygen atoms in total. The van der Waals surface area contributed by atoms with Crippen LogP contribution in [0.25, 0.3) is 5.57 Å². The van der Waals surface area contributed by atoms with E-state index in [1.165, 1.54) is 17.0 Å². The summed E-state index contributed by atoms with van der Waals surface area (Å²) in [7, 11) is 0. The Balaban J connectivity index is 1.79. The molecule has 1 N–H and O–H groups in total. The first-order valence-electron chi connectivity index (χ1n) is 8.09. The fraction of sp³-hybridized carbons (Fsp3) is 0.278. The fourth-order valence-electron chi connectivity index (χ4n) is 2.81. The molecule has 1 atom stereocenters. The maximum atomic E-state index is 12.7. The lowest BCUT2D eigenvalue weighted by atomic mass is 10.1. The second-order valence-electron chi connectivity index (χ2n) is 6.21. The normalized spacial score (nSPS) is 17.3. The van der Waals surface area contributed by atoms with E-state index >= 15 is 0 Å². The van der Waals surface area contributed by atoms with Crippen molar-refractivity contribution in [2.75, 3.05) is 10.2 Å². The van der Waals surface area contributed by atoms with Crippen LogP contribution in [0.4, 0.5) is 23.9 Å². The Kier molecular flexibility index (Phi) is 5.05. The molecule has 2 aromatic rings. The van der Waals surface area contributed by atoms with Crippen LogP contribution >= 0.6 is 11.5 Å². The highest BCUT2D eigenvalue weighted by atomic mass is 32.1. The SMILES string of the molecule is C=C(C)c1cc(NC(=O)[C@@H]2CCC(=O)N2c2ccc(C(F)(F)F)cc2)sn1. The molecule has 0 aliphatic carbocycles. The summed E-state index contributed by atoms with van der Waals surface area (Å²) >= 11 is 1.10. The van der Waals surface area contributed by atoms with Crippen LogP contribution in [0.3, 0.4) is 0 Å². The predicted molar refractivity (Wildman–Crippen MR) is 97.4 cm³/mol. The van der Waals surface area contributed by atoms with Gasteiger partial charge in [-0.1, -0.05) is 6.58 Å². The van der Waals surface area contributed by atoms with E-state index in [4.69, 9.17) is 0 Å². The van der Waals surface area contributed by atoms with Crippen LogP contribution in [-0.4, -0.2) is 22.2 Å². The van der Waals surface area contributed by atoms with Gasteiger partial charge in [-0.25, -0.2) is 0 Å². The van der Waals surface area contributed by atoms with Crippen LogP contribution in [-0.2, 0) is 15.8 Å². The largest absolute Gasteiger partial charge is 0.416 e. The van der Waals surface area contributed by atoms with Crippen molar-refractivity contribution in [2.45, 2.75) is 32.0 Å². The smallest absolute Gasteiger partial charge is 0.315 e. The summed E-state index contributed by atoms with van der Waals surface area (Å²) < 4.78 is 42.3. The van der Waals surface area contributed by atoms with Gasteiger partial charge in [-0.2, -0.15) is 17.5 Å². The Morgan fingerprint density at radius 1 is 1.33 bits per heavy atom. The number of hydrogen-bond donors (Lipinski definition) is 1. The molecule has 142 valence electrons. The number of nitrogens with zero attached hydrogens (tertiary/aromatic N) is 2. The molecule has 1 saturated heterocycles. The molecule has 2 amide bonds. The monoisotopic (exact) mass is 395 g/mol. The van der Waals surface area contributed by atoms with Gasteiger partial charge in [-0.05, 0) is 54.7 Å². The van der Waals surface area contributed by atoms with Crippen LogP contribution in [0.15, 0.2) is 36.9 Å². The first-order chi connectivity index (χ1) is 12.7. The second kappa shape index (κ2) is 7.15. The van der Waals surface area contributed by atoms with Gasteiger partial charge in [0.15, 0.2) is 0 Å². The number of rotatable bonds is 4. The lowest BCUT2D eigenvalue weighted by Crippen LogP contribution is -2.41. The van der Waals surface area contributed by atoms with Crippen molar-refractivity contribution in [3.8, 4) is 0 Å². The van der Waals surface area contributed by atoms with Crippen molar-refractivity contribution in [1.29, 1.82) is 0 Å². The summed E-state index contributed by atoms with van der Waals surface area (Å²) in [6.45, 7) is 5.57. The number of carbonyl (C=O) groups is 2. The molecule has 9 heteroatoms. The van der Waals surface area contributed by atoms with Crippen molar-refractivity contribution < 1.29 is 22.8 Å². The van der Waals surface area contributed by atoms with Gasteiger partial charge in [0.1, 0.15) is 11.0 Å². The molecule has 0 unspecified atom stereocenters. The highest BCUT2D eigenvalue weighted by Crippen LogP contribution is 2.33. The van der Waals surface area contributed by atoms with Gasteiger partial charge in [0, 0.05) is 18.2 Å². The maximum absolute atomic E-state index is 12.7. The lowest BCUT2D eigenvalue weighted by Gasteiger charge is -2.24. The Bertz CT molecular complexity index is 890. The minimum absolute atomic E-state index is 0.152. The van der Waals surface area contributed by atoms with Crippen LogP contribution in [0.5, 0.6) is 0 Å². The van der Waals surface area contributed by atoms with Crippen molar-refractivity contribution in [1.82, 2.24) is 4.37 Å². The number of hydrogen-bond acceptors (Lipinski definition) is 4. The first-order valence-corrected chi connectivity index (χ1v) is 8.87. The number of amides is 2. The molecule has 1 aromatic heterocycles. The molecule has 2 heterocycles. The molecular formula is C18H16F3N3O2S. The van der Waals surface area contributed by atoms with E-state index in [-0.39, 0.29) is 24.4 Å². The van der Waals surface area contributed by atoms with Crippen molar-refractivity contribution in [2.24, 2.45) is 0 Å². The number of carbonyl (C=O) groups excluding carboxylic acids is 2. The van der Waals surface area contributed by atoms with Gasteiger partial charge >= 0.3 is 6.18 Å². The number of anilines is 2. The van der Waals surface area contributed by atoms with Gasteiger partial charge in [0.25, 0.3) is 0 Å². The third-order valence-electron chi connectivity index (χ3n) is 4.18. The van der Waals surface area contributed by atoms with Crippen molar-refractivity contribution >= 4 is 39.6 Å². The zero-order valence-electron chi connectivity index (χ0n) is 14.3. The third kappa shape index (κ3) is 4.02.